The molecule has 1 N–H and O–H groups in total. The largest absolute Gasteiger partial charge is 0.461 e. The molecule has 4 aromatic rings. The number of hydrogen-bond acceptors (Lipinski definition) is 6. The van der Waals surface area contributed by atoms with E-state index in [1.54, 1.807) is 30.5 Å². The van der Waals surface area contributed by atoms with Gasteiger partial charge in [-0.25, -0.2) is 4.79 Å². The maximum Gasteiger partial charge on any atom is 0.359 e. The highest BCUT2D eigenvalue weighted by atomic mass is 32.1. The second kappa shape index (κ2) is 9.62. The van der Waals surface area contributed by atoms with Gasteiger partial charge >= 0.3 is 5.97 Å². The van der Waals surface area contributed by atoms with Crippen molar-refractivity contribution in [3.8, 4) is 5.69 Å². The number of aromatic nitrogens is 2. The van der Waals surface area contributed by atoms with Gasteiger partial charge in [-0.2, -0.15) is 9.78 Å². The normalized spacial score (nSPS) is 11.1. The van der Waals surface area contributed by atoms with E-state index in [2.05, 4.69) is 10.4 Å². The lowest BCUT2D eigenvalue weighted by atomic mass is 10.2. The summed E-state index contributed by atoms with van der Waals surface area (Å²) < 4.78 is 6.32. The van der Waals surface area contributed by atoms with Crippen molar-refractivity contribution in [2.24, 2.45) is 0 Å². The summed E-state index contributed by atoms with van der Waals surface area (Å²) in [6.45, 7) is 3.80. The third-order valence-corrected chi connectivity index (χ3v) is 5.76. The van der Waals surface area contributed by atoms with E-state index in [4.69, 9.17) is 4.74 Å². The number of benzene rings is 2. The highest BCUT2D eigenvalue weighted by Gasteiger charge is 2.22. The number of ether oxygens (including phenoxy) is 1. The number of fused-ring (bicyclic) bond motifs is 1. The van der Waals surface area contributed by atoms with Crippen LogP contribution in [-0.2, 0) is 9.53 Å². The number of anilines is 1. The van der Waals surface area contributed by atoms with Gasteiger partial charge in [-0.3, -0.25) is 9.59 Å². The first kappa shape index (κ1) is 22.2. The van der Waals surface area contributed by atoms with Crippen molar-refractivity contribution in [1.29, 1.82) is 0 Å². The molecule has 0 aliphatic rings. The summed E-state index contributed by atoms with van der Waals surface area (Å²) in [5, 5.41) is 9.58. The molecule has 0 unspecified atom stereocenters. The number of nitrogens with zero attached hydrogens (tertiary/aromatic N) is 2. The van der Waals surface area contributed by atoms with Crippen LogP contribution in [0, 0.1) is 6.92 Å². The van der Waals surface area contributed by atoms with Crippen LogP contribution in [0.3, 0.4) is 0 Å². The number of carbonyl (C=O) groups excluding carboxylic acids is 2. The predicted molar refractivity (Wildman–Crippen MR) is 130 cm³/mol. The van der Waals surface area contributed by atoms with Gasteiger partial charge in [0.15, 0.2) is 5.69 Å². The predicted octanol–water partition coefficient (Wildman–Crippen LogP) is 4.58. The van der Waals surface area contributed by atoms with Crippen LogP contribution in [0.25, 0.3) is 22.5 Å². The van der Waals surface area contributed by atoms with Crippen LogP contribution in [0.1, 0.15) is 28.5 Å². The van der Waals surface area contributed by atoms with Gasteiger partial charge in [0.2, 0.25) is 5.91 Å². The van der Waals surface area contributed by atoms with Gasteiger partial charge in [-0.15, -0.1) is 11.3 Å². The van der Waals surface area contributed by atoms with E-state index in [1.165, 1.54) is 6.08 Å². The Bertz CT molecular complexity index is 1400. The molecule has 0 radical (unpaired) electrons. The first-order chi connectivity index (χ1) is 16.0. The number of carbonyl (C=O) groups is 2. The van der Waals surface area contributed by atoms with Crippen molar-refractivity contribution < 1.29 is 14.3 Å². The molecule has 166 valence electrons. The van der Waals surface area contributed by atoms with Crippen molar-refractivity contribution in [1.82, 2.24) is 9.78 Å². The van der Waals surface area contributed by atoms with Gasteiger partial charge in [-0.1, -0.05) is 48.0 Å². The Kier molecular flexibility index (Phi) is 6.46. The molecule has 2 heterocycles. The Hall–Kier alpha value is -4.04. The van der Waals surface area contributed by atoms with Crippen LogP contribution in [0.15, 0.2) is 70.8 Å². The third kappa shape index (κ3) is 4.75. The smallest absolute Gasteiger partial charge is 0.359 e. The highest BCUT2D eigenvalue weighted by Crippen LogP contribution is 2.30. The Balaban J connectivity index is 1.79. The molecule has 33 heavy (non-hydrogen) atoms. The summed E-state index contributed by atoms with van der Waals surface area (Å²) in [5.74, 6) is -1.03. The van der Waals surface area contributed by atoms with Gasteiger partial charge in [0, 0.05) is 16.8 Å². The molecular weight excluding hydrogens is 438 g/mol. The first-order valence-corrected chi connectivity index (χ1v) is 11.2. The van der Waals surface area contributed by atoms with Crippen LogP contribution in [-0.4, -0.2) is 28.3 Å². The molecular formula is C25H21N3O4S. The SMILES string of the molecule is CCOC(=O)c1nn(-c2ccc(C)cc2)c(=O)c2c(NC(=O)/C=C/c3ccccc3)scc12. The quantitative estimate of drug-likeness (QED) is 0.337. The van der Waals surface area contributed by atoms with Crippen LogP contribution in [0.4, 0.5) is 5.00 Å². The Morgan fingerprint density at radius 1 is 1.12 bits per heavy atom. The van der Waals surface area contributed by atoms with Crippen molar-refractivity contribution >= 4 is 45.1 Å². The molecule has 0 aliphatic heterocycles. The fourth-order valence-corrected chi connectivity index (χ4v) is 4.18. The van der Waals surface area contributed by atoms with Crippen LogP contribution >= 0.6 is 11.3 Å². The van der Waals surface area contributed by atoms with E-state index >= 15 is 0 Å². The Labute approximate surface area is 193 Å². The van der Waals surface area contributed by atoms with Crippen molar-refractivity contribution in [3.63, 3.8) is 0 Å². The number of rotatable bonds is 6. The maximum atomic E-state index is 13.4. The molecule has 2 aromatic carbocycles. The van der Waals surface area contributed by atoms with Gasteiger partial charge in [0.1, 0.15) is 5.00 Å². The molecule has 0 saturated carbocycles. The zero-order valence-electron chi connectivity index (χ0n) is 18.1. The van der Waals surface area contributed by atoms with E-state index in [-0.39, 0.29) is 17.7 Å². The Morgan fingerprint density at radius 3 is 2.55 bits per heavy atom. The summed E-state index contributed by atoms with van der Waals surface area (Å²) in [7, 11) is 0. The fraction of sp³-hybridized carbons (Fsp3) is 0.120. The van der Waals surface area contributed by atoms with Gasteiger partial charge < -0.3 is 10.1 Å². The number of amides is 1. The molecule has 1 amide bonds. The number of nitrogens with one attached hydrogen (secondary N) is 1. The van der Waals surface area contributed by atoms with Gasteiger partial charge in [0.25, 0.3) is 5.56 Å². The summed E-state index contributed by atoms with van der Waals surface area (Å²) in [5.41, 5.74) is 1.98. The second-order valence-electron chi connectivity index (χ2n) is 7.21. The molecule has 0 aliphatic carbocycles. The highest BCUT2D eigenvalue weighted by molar-refractivity contribution is 7.16. The summed E-state index contributed by atoms with van der Waals surface area (Å²) >= 11 is 1.16. The lowest BCUT2D eigenvalue weighted by molar-refractivity contribution is -0.111. The van der Waals surface area contributed by atoms with E-state index in [0.29, 0.717) is 16.1 Å². The Morgan fingerprint density at radius 2 is 1.85 bits per heavy atom. The molecule has 0 spiro atoms. The minimum atomic E-state index is -0.636. The second-order valence-corrected chi connectivity index (χ2v) is 8.09. The molecule has 7 nitrogen and oxygen atoms in total. The maximum absolute atomic E-state index is 13.4. The average Bonchev–Trinajstić information content (AvgIpc) is 3.23. The monoisotopic (exact) mass is 459 g/mol. The number of esters is 1. The third-order valence-electron chi connectivity index (χ3n) is 4.86. The topological polar surface area (TPSA) is 90.3 Å². The van der Waals surface area contributed by atoms with E-state index < -0.39 is 17.4 Å². The summed E-state index contributed by atoms with van der Waals surface area (Å²) in [6.07, 6.45) is 3.08. The lowest BCUT2D eigenvalue weighted by Gasteiger charge is -2.10. The molecule has 4 rings (SSSR count). The molecule has 8 heteroatoms. The van der Waals surface area contributed by atoms with Crippen molar-refractivity contribution in [2.75, 3.05) is 11.9 Å². The molecule has 0 fully saturated rings. The van der Waals surface area contributed by atoms with Crippen LogP contribution in [0.2, 0.25) is 0 Å². The van der Waals surface area contributed by atoms with E-state index in [0.717, 1.165) is 27.1 Å². The summed E-state index contributed by atoms with van der Waals surface area (Å²) in [6, 6.07) is 16.6. The molecule has 0 bridgehead atoms. The molecule has 0 atom stereocenters. The zero-order valence-corrected chi connectivity index (χ0v) is 18.9. The minimum Gasteiger partial charge on any atom is -0.461 e. The van der Waals surface area contributed by atoms with E-state index in [9.17, 15) is 14.4 Å². The number of hydrogen-bond donors (Lipinski definition) is 1. The standard InChI is InChI=1S/C25H21N3O4S/c1-3-32-25(31)22-19-15-33-23(26-20(29)14-11-17-7-5-4-6-8-17)21(19)24(30)28(27-22)18-12-9-16(2)10-13-18/h4-15H,3H2,1-2H3,(H,26,29)/b14-11+. The summed E-state index contributed by atoms with van der Waals surface area (Å²) in [4.78, 5) is 38.5. The van der Waals surface area contributed by atoms with Crippen LogP contribution in [0.5, 0.6) is 0 Å². The fourth-order valence-electron chi connectivity index (χ4n) is 3.24. The van der Waals surface area contributed by atoms with Crippen LogP contribution < -0.4 is 10.9 Å². The zero-order chi connectivity index (χ0) is 23.4. The average molecular weight is 460 g/mol. The lowest BCUT2D eigenvalue weighted by Crippen LogP contribution is -2.25. The molecule has 0 saturated heterocycles. The van der Waals surface area contributed by atoms with Gasteiger partial charge in [-0.05, 0) is 37.6 Å². The number of aryl methyl sites for hydroxylation is 1. The minimum absolute atomic E-state index is 0.0172. The number of thiophene rings is 1. The first-order valence-electron chi connectivity index (χ1n) is 10.3. The van der Waals surface area contributed by atoms with E-state index in [1.807, 2.05) is 49.4 Å². The van der Waals surface area contributed by atoms with Gasteiger partial charge in [0.05, 0.1) is 17.7 Å². The van der Waals surface area contributed by atoms with Crippen molar-refractivity contribution in [2.45, 2.75) is 13.8 Å². The molecule has 2 aromatic heterocycles. The van der Waals surface area contributed by atoms with Crippen molar-refractivity contribution in [3.05, 3.63) is 93.2 Å².